The van der Waals surface area contributed by atoms with Gasteiger partial charge in [-0.3, -0.25) is 0 Å². The molecule has 0 bridgehead atoms. The molecule has 0 fully saturated rings. The van der Waals surface area contributed by atoms with Crippen LogP contribution in [0.3, 0.4) is 0 Å². The summed E-state index contributed by atoms with van der Waals surface area (Å²) in [5.74, 6) is 0. The van der Waals surface area contributed by atoms with Crippen LogP contribution >= 0.6 is 11.6 Å². The van der Waals surface area contributed by atoms with Gasteiger partial charge in [0.15, 0.2) is 0 Å². The molecule has 17 heavy (non-hydrogen) atoms. The molecule has 1 nitrogen and oxygen atoms in total. The average Bonchev–Trinajstić information content (AvgIpc) is 2.32. The lowest BCUT2D eigenvalue weighted by molar-refractivity contribution is 0.299. The molecule has 2 aromatic rings. The van der Waals surface area contributed by atoms with Gasteiger partial charge in [-0.15, -0.1) is 0 Å². The number of halogens is 1. The molecule has 0 heterocycles. The predicted octanol–water partition coefficient (Wildman–Crippen LogP) is 3.85. The van der Waals surface area contributed by atoms with Crippen molar-refractivity contribution in [1.29, 1.82) is 0 Å². The van der Waals surface area contributed by atoms with E-state index in [0.29, 0.717) is 6.42 Å². The Morgan fingerprint density at radius 3 is 2.65 bits per heavy atom. The Balaban J connectivity index is 2.46. The number of aliphatic hydroxyl groups is 1. The third-order valence-corrected chi connectivity index (χ3v) is 3.09. The largest absolute Gasteiger partial charge is 0.396 e. The summed E-state index contributed by atoms with van der Waals surface area (Å²) in [6.07, 6.45) is 0.663. The number of rotatable bonds is 3. The van der Waals surface area contributed by atoms with Gasteiger partial charge in [-0.1, -0.05) is 47.5 Å². The fourth-order valence-electron chi connectivity index (χ4n) is 1.89. The normalized spacial score (nSPS) is 10.5. The van der Waals surface area contributed by atoms with Crippen LogP contribution in [0.2, 0.25) is 5.02 Å². The maximum absolute atomic E-state index is 8.96. The van der Waals surface area contributed by atoms with E-state index in [2.05, 4.69) is 25.1 Å². The second-order valence-electron chi connectivity index (χ2n) is 4.16. The summed E-state index contributed by atoms with van der Waals surface area (Å²) in [4.78, 5) is 0. The van der Waals surface area contributed by atoms with E-state index in [1.54, 1.807) is 0 Å². The zero-order valence-electron chi connectivity index (χ0n) is 9.78. The van der Waals surface area contributed by atoms with E-state index in [9.17, 15) is 0 Å². The zero-order chi connectivity index (χ0) is 12.3. The molecule has 0 radical (unpaired) electrons. The average molecular weight is 247 g/mol. The molecule has 0 aliphatic heterocycles. The highest BCUT2D eigenvalue weighted by molar-refractivity contribution is 6.33. The summed E-state index contributed by atoms with van der Waals surface area (Å²) in [6.45, 7) is 2.23. The van der Waals surface area contributed by atoms with Gasteiger partial charge < -0.3 is 5.11 Å². The maximum atomic E-state index is 8.96. The molecular formula is C15H15ClO. The lowest BCUT2D eigenvalue weighted by atomic mass is 10.0. The van der Waals surface area contributed by atoms with Gasteiger partial charge in [0.25, 0.3) is 0 Å². The van der Waals surface area contributed by atoms with E-state index in [1.807, 2.05) is 24.3 Å². The van der Waals surface area contributed by atoms with Crippen molar-refractivity contribution in [3.05, 3.63) is 58.6 Å². The minimum Gasteiger partial charge on any atom is -0.396 e. The molecule has 0 atom stereocenters. The Morgan fingerprint density at radius 2 is 1.94 bits per heavy atom. The van der Waals surface area contributed by atoms with Gasteiger partial charge in [0.2, 0.25) is 0 Å². The smallest absolute Gasteiger partial charge is 0.0484 e. The summed E-state index contributed by atoms with van der Waals surface area (Å²) in [5.41, 5.74) is 4.47. The molecule has 2 aromatic carbocycles. The van der Waals surface area contributed by atoms with Crippen LogP contribution < -0.4 is 0 Å². The topological polar surface area (TPSA) is 20.2 Å². The van der Waals surface area contributed by atoms with Gasteiger partial charge in [-0.05, 0) is 36.6 Å². The summed E-state index contributed by atoms with van der Waals surface area (Å²) >= 11 is 6.22. The van der Waals surface area contributed by atoms with Crippen LogP contribution in [0.25, 0.3) is 11.1 Å². The van der Waals surface area contributed by atoms with Gasteiger partial charge >= 0.3 is 0 Å². The first-order valence-electron chi connectivity index (χ1n) is 5.67. The molecule has 0 aliphatic carbocycles. The van der Waals surface area contributed by atoms with Crippen LogP contribution in [0.15, 0.2) is 42.5 Å². The van der Waals surface area contributed by atoms with E-state index in [0.717, 1.165) is 21.7 Å². The number of hydrogen-bond donors (Lipinski definition) is 1. The van der Waals surface area contributed by atoms with Crippen molar-refractivity contribution in [2.45, 2.75) is 13.3 Å². The van der Waals surface area contributed by atoms with Crippen LogP contribution in [0.1, 0.15) is 11.1 Å². The summed E-state index contributed by atoms with van der Waals surface area (Å²) < 4.78 is 0. The van der Waals surface area contributed by atoms with Gasteiger partial charge in [-0.2, -0.15) is 0 Å². The molecular weight excluding hydrogens is 232 g/mol. The summed E-state index contributed by atoms with van der Waals surface area (Å²) in [6, 6.07) is 14.2. The Hall–Kier alpha value is -1.31. The first-order valence-corrected chi connectivity index (χ1v) is 6.05. The quantitative estimate of drug-likeness (QED) is 0.872. The first-order chi connectivity index (χ1) is 8.20. The second kappa shape index (κ2) is 5.35. The van der Waals surface area contributed by atoms with Crippen molar-refractivity contribution in [1.82, 2.24) is 0 Å². The van der Waals surface area contributed by atoms with Gasteiger partial charge in [-0.25, -0.2) is 0 Å². The van der Waals surface area contributed by atoms with Crippen molar-refractivity contribution in [3.8, 4) is 11.1 Å². The van der Waals surface area contributed by atoms with E-state index in [1.165, 1.54) is 5.56 Å². The summed E-state index contributed by atoms with van der Waals surface area (Å²) in [5, 5.41) is 9.71. The lowest BCUT2D eigenvalue weighted by Gasteiger charge is -2.08. The van der Waals surface area contributed by atoms with E-state index < -0.39 is 0 Å². The van der Waals surface area contributed by atoms with Crippen LogP contribution in [-0.2, 0) is 6.42 Å². The Morgan fingerprint density at radius 1 is 1.12 bits per heavy atom. The standard InChI is InChI=1S/C15H15ClO/c1-11-3-2-4-13(9-11)14-10-12(7-8-17)5-6-15(14)16/h2-6,9-10,17H,7-8H2,1H3. The number of benzene rings is 2. The molecule has 0 aliphatic rings. The van der Waals surface area contributed by atoms with Crippen LogP contribution in [0.4, 0.5) is 0 Å². The molecule has 0 amide bonds. The number of hydrogen-bond acceptors (Lipinski definition) is 1. The van der Waals surface area contributed by atoms with Crippen molar-refractivity contribution in [2.24, 2.45) is 0 Å². The second-order valence-corrected chi connectivity index (χ2v) is 4.56. The Labute approximate surface area is 107 Å². The molecule has 0 unspecified atom stereocenters. The van der Waals surface area contributed by atoms with E-state index >= 15 is 0 Å². The first kappa shape index (κ1) is 12.2. The van der Waals surface area contributed by atoms with Crippen LogP contribution in [-0.4, -0.2) is 11.7 Å². The molecule has 0 aromatic heterocycles. The highest BCUT2D eigenvalue weighted by atomic mass is 35.5. The van der Waals surface area contributed by atoms with Crippen molar-refractivity contribution < 1.29 is 5.11 Å². The lowest BCUT2D eigenvalue weighted by Crippen LogP contribution is -1.91. The molecule has 88 valence electrons. The number of aryl methyl sites for hydroxylation is 1. The summed E-state index contributed by atoms with van der Waals surface area (Å²) in [7, 11) is 0. The fourth-order valence-corrected chi connectivity index (χ4v) is 2.12. The molecule has 0 spiro atoms. The Bertz CT molecular complexity index is 520. The van der Waals surface area contributed by atoms with Gasteiger partial charge in [0, 0.05) is 17.2 Å². The zero-order valence-corrected chi connectivity index (χ0v) is 10.5. The molecule has 0 saturated carbocycles. The fraction of sp³-hybridized carbons (Fsp3) is 0.200. The highest BCUT2D eigenvalue weighted by Crippen LogP contribution is 2.29. The van der Waals surface area contributed by atoms with Gasteiger partial charge in [0.1, 0.15) is 0 Å². The monoisotopic (exact) mass is 246 g/mol. The molecule has 1 N–H and O–H groups in total. The molecule has 2 rings (SSSR count). The minimum atomic E-state index is 0.162. The molecule has 0 saturated heterocycles. The van der Waals surface area contributed by atoms with Crippen molar-refractivity contribution in [2.75, 3.05) is 6.61 Å². The van der Waals surface area contributed by atoms with Crippen LogP contribution in [0.5, 0.6) is 0 Å². The highest BCUT2D eigenvalue weighted by Gasteiger charge is 2.05. The third-order valence-electron chi connectivity index (χ3n) is 2.76. The number of aliphatic hydroxyl groups excluding tert-OH is 1. The SMILES string of the molecule is Cc1cccc(-c2cc(CCO)ccc2Cl)c1. The predicted molar refractivity (Wildman–Crippen MR) is 72.4 cm³/mol. The van der Waals surface area contributed by atoms with Crippen molar-refractivity contribution in [3.63, 3.8) is 0 Å². The van der Waals surface area contributed by atoms with Crippen LogP contribution in [0, 0.1) is 6.92 Å². The van der Waals surface area contributed by atoms with Crippen molar-refractivity contribution >= 4 is 11.6 Å². The molecule has 2 heteroatoms. The third kappa shape index (κ3) is 2.87. The minimum absolute atomic E-state index is 0.162. The van der Waals surface area contributed by atoms with E-state index in [4.69, 9.17) is 16.7 Å². The van der Waals surface area contributed by atoms with Gasteiger partial charge in [0.05, 0.1) is 0 Å². The Kier molecular flexibility index (Phi) is 3.82. The maximum Gasteiger partial charge on any atom is 0.0484 e. The van der Waals surface area contributed by atoms with E-state index in [-0.39, 0.29) is 6.61 Å².